The smallest absolute Gasteiger partial charge is 0.0540 e. The quantitative estimate of drug-likeness (QED) is 0.114. The van der Waals surface area contributed by atoms with E-state index in [4.69, 9.17) is 10.2 Å². The van der Waals surface area contributed by atoms with E-state index in [-0.39, 0.29) is 12.2 Å². The zero-order chi connectivity index (χ0) is 24.1. The summed E-state index contributed by atoms with van der Waals surface area (Å²) in [5, 5.41) is 36.3. The highest BCUT2D eigenvalue weighted by Crippen LogP contribution is 2.13. The van der Waals surface area contributed by atoms with Crippen LogP contribution in [-0.2, 0) is 0 Å². The average molecular weight is 461 g/mol. The van der Waals surface area contributed by atoms with Gasteiger partial charge in [0.2, 0.25) is 0 Å². The molecule has 0 aromatic rings. The predicted molar refractivity (Wildman–Crippen MR) is 139 cm³/mol. The van der Waals surface area contributed by atoms with Crippen molar-refractivity contribution in [2.45, 2.75) is 167 Å². The Morgan fingerprint density at radius 2 is 0.625 bits per heavy atom. The molecule has 2 atom stereocenters. The van der Waals surface area contributed by atoms with Crippen LogP contribution in [0.1, 0.15) is 155 Å². The lowest BCUT2D eigenvalue weighted by atomic mass is 10.0. The number of aliphatic hydroxyl groups is 4. The summed E-state index contributed by atoms with van der Waals surface area (Å²) in [5.41, 5.74) is 0. The van der Waals surface area contributed by atoms with Crippen molar-refractivity contribution in [3.05, 3.63) is 0 Å². The molecule has 0 fully saturated rings. The molecule has 2 unspecified atom stereocenters. The molecular formula is C28H60O4. The van der Waals surface area contributed by atoms with Gasteiger partial charge in [-0.1, -0.05) is 117 Å². The van der Waals surface area contributed by atoms with Crippen LogP contribution in [0.3, 0.4) is 0 Å². The molecule has 196 valence electrons. The standard InChI is InChI=1S/2C14H30O2/c2*1-2-11-14(16)12-9-7-5-3-4-6-8-10-13-15/h2*14-16H,2-13H2,1H3. The minimum atomic E-state index is -0.0606. The molecule has 0 aliphatic carbocycles. The predicted octanol–water partition coefficient (Wildman–Crippen LogP) is 7.30. The first kappa shape index (κ1) is 34.0. The Morgan fingerprint density at radius 1 is 0.375 bits per heavy atom. The van der Waals surface area contributed by atoms with Crippen LogP contribution in [0, 0.1) is 0 Å². The summed E-state index contributed by atoms with van der Waals surface area (Å²) in [6, 6.07) is 0. The van der Waals surface area contributed by atoms with E-state index in [0.717, 1.165) is 51.4 Å². The first-order valence-corrected chi connectivity index (χ1v) is 14.2. The number of unbranched alkanes of at least 4 members (excludes halogenated alkanes) is 14. The zero-order valence-electron chi connectivity index (χ0n) is 21.9. The monoisotopic (exact) mass is 460 g/mol. The fourth-order valence-electron chi connectivity index (χ4n) is 4.06. The van der Waals surface area contributed by atoms with Gasteiger partial charge in [-0.05, 0) is 38.5 Å². The van der Waals surface area contributed by atoms with E-state index in [2.05, 4.69) is 13.8 Å². The number of hydrogen-bond donors (Lipinski definition) is 4. The first-order chi connectivity index (χ1) is 15.6. The van der Waals surface area contributed by atoms with Crippen molar-refractivity contribution in [1.29, 1.82) is 0 Å². The van der Waals surface area contributed by atoms with Gasteiger partial charge in [0, 0.05) is 13.2 Å². The van der Waals surface area contributed by atoms with E-state index in [9.17, 15) is 10.2 Å². The molecule has 0 aliphatic heterocycles. The Balaban J connectivity index is 0. The average Bonchev–Trinajstić information content (AvgIpc) is 2.78. The highest BCUT2D eigenvalue weighted by Gasteiger charge is 2.02. The summed E-state index contributed by atoms with van der Waals surface area (Å²) in [4.78, 5) is 0. The highest BCUT2D eigenvalue weighted by atomic mass is 16.3. The maximum absolute atomic E-state index is 9.53. The van der Waals surface area contributed by atoms with Crippen molar-refractivity contribution in [1.82, 2.24) is 0 Å². The van der Waals surface area contributed by atoms with Crippen molar-refractivity contribution in [3.8, 4) is 0 Å². The second-order valence-electron chi connectivity index (χ2n) is 9.57. The van der Waals surface area contributed by atoms with E-state index in [1.807, 2.05) is 0 Å². The maximum Gasteiger partial charge on any atom is 0.0540 e. The van der Waals surface area contributed by atoms with Crippen LogP contribution in [0.15, 0.2) is 0 Å². The van der Waals surface area contributed by atoms with E-state index >= 15 is 0 Å². The molecule has 0 aromatic carbocycles. The molecule has 0 aromatic heterocycles. The number of rotatable bonds is 24. The van der Waals surface area contributed by atoms with Gasteiger partial charge in [0.05, 0.1) is 12.2 Å². The molecule has 0 rings (SSSR count). The molecular weight excluding hydrogens is 400 g/mol. The van der Waals surface area contributed by atoms with Gasteiger partial charge >= 0.3 is 0 Å². The molecule has 0 spiro atoms. The van der Waals surface area contributed by atoms with E-state index in [1.165, 1.54) is 89.9 Å². The molecule has 0 aliphatic rings. The maximum atomic E-state index is 9.53. The van der Waals surface area contributed by atoms with Crippen LogP contribution in [-0.4, -0.2) is 45.8 Å². The summed E-state index contributed by atoms with van der Waals surface area (Å²) in [7, 11) is 0. The lowest BCUT2D eigenvalue weighted by Gasteiger charge is -2.08. The Labute approximate surface area is 201 Å². The summed E-state index contributed by atoms with van der Waals surface area (Å²) < 4.78 is 0. The van der Waals surface area contributed by atoms with Crippen LogP contribution in [0.5, 0.6) is 0 Å². The molecule has 32 heavy (non-hydrogen) atoms. The molecule has 0 radical (unpaired) electrons. The highest BCUT2D eigenvalue weighted by molar-refractivity contribution is 4.56. The normalized spacial score (nSPS) is 12.9. The summed E-state index contributed by atoms with van der Waals surface area (Å²) in [6.45, 7) is 4.93. The Hall–Kier alpha value is -0.160. The topological polar surface area (TPSA) is 80.9 Å². The minimum Gasteiger partial charge on any atom is -0.396 e. The van der Waals surface area contributed by atoms with Gasteiger partial charge < -0.3 is 20.4 Å². The van der Waals surface area contributed by atoms with Gasteiger partial charge in [0.25, 0.3) is 0 Å². The first-order valence-electron chi connectivity index (χ1n) is 14.2. The Morgan fingerprint density at radius 3 is 0.875 bits per heavy atom. The SMILES string of the molecule is CCCC(O)CCCCCCCCCCO.CCCC(O)CCCCCCCCCCO. The fraction of sp³-hybridized carbons (Fsp3) is 1.00. The third-order valence-electron chi connectivity index (χ3n) is 6.13. The number of aliphatic hydroxyl groups excluding tert-OH is 4. The van der Waals surface area contributed by atoms with Gasteiger partial charge in [0.15, 0.2) is 0 Å². The van der Waals surface area contributed by atoms with E-state index in [1.54, 1.807) is 0 Å². The third-order valence-corrected chi connectivity index (χ3v) is 6.13. The van der Waals surface area contributed by atoms with Crippen molar-refractivity contribution in [2.24, 2.45) is 0 Å². The summed E-state index contributed by atoms with van der Waals surface area (Å²) in [5.74, 6) is 0. The van der Waals surface area contributed by atoms with Gasteiger partial charge in [-0.2, -0.15) is 0 Å². The van der Waals surface area contributed by atoms with Crippen molar-refractivity contribution >= 4 is 0 Å². The van der Waals surface area contributed by atoms with Crippen molar-refractivity contribution in [3.63, 3.8) is 0 Å². The molecule has 0 saturated heterocycles. The molecule has 0 saturated carbocycles. The fourth-order valence-corrected chi connectivity index (χ4v) is 4.06. The third kappa shape index (κ3) is 32.0. The van der Waals surface area contributed by atoms with E-state index in [0.29, 0.717) is 13.2 Å². The molecule has 0 bridgehead atoms. The van der Waals surface area contributed by atoms with Gasteiger partial charge in [-0.3, -0.25) is 0 Å². The number of hydrogen-bond acceptors (Lipinski definition) is 4. The lowest BCUT2D eigenvalue weighted by Crippen LogP contribution is -2.04. The van der Waals surface area contributed by atoms with Crippen LogP contribution in [0.2, 0.25) is 0 Å². The van der Waals surface area contributed by atoms with Gasteiger partial charge in [-0.15, -0.1) is 0 Å². The van der Waals surface area contributed by atoms with Crippen LogP contribution >= 0.6 is 0 Å². The van der Waals surface area contributed by atoms with Gasteiger partial charge in [0.1, 0.15) is 0 Å². The zero-order valence-corrected chi connectivity index (χ0v) is 21.9. The lowest BCUT2D eigenvalue weighted by molar-refractivity contribution is 0.149. The van der Waals surface area contributed by atoms with Crippen LogP contribution < -0.4 is 0 Å². The van der Waals surface area contributed by atoms with E-state index < -0.39 is 0 Å². The molecule has 4 nitrogen and oxygen atoms in total. The summed E-state index contributed by atoms with van der Waals surface area (Å²) in [6.07, 6.45) is 25.5. The Bertz CT molecular complexity index is 282. The second-order valence-corrected chi connectivity index (χ2v) is 9.57. The van der Waals surface area contributed by atoms with Crippen LogP contribution in [0.25, 0.3) is 0 Å². The largest absolute Gasteiger partial charge is 0.396 e. The molecule has 0 amide bonds. The minimum absolute atomic E-state index is 0.0606. The van der Waals surface area contributed by atoms with Crippen molar-refractivity contribution < 1.29 is 20.4 Å². The van der Waals surface area contributed by atoms with Crippen LogP contribution in [0.4, 0.5) is 0 Å². The molecule has 4 N–H and O–H groups in total. The summed E-state index contributed by atoms with van der Waals surface area (Å²) >= 11 is 0. The van der Waals surface area contributed by atoms with Gasteiger partial charge in [-0.25, -0.2) is 0 Å². The second kappa shape index (κ2) is 30.8. The molecule has 4 heteroatoms. The Kier molecular flexibility index (Phi) is 32.8. The molecule has 0 heterocycles. The van der Waals surface area contributed by atoms with Crippen molar-refractivity contribution in [2.75, 3.05) is 13.2 Å².